The van der Waals surface area contributed by atoms with Gasteiger partial charge in [0.2, 0.25) is 11.8 Å². The summed E-state index contributed by atoms with van der Waals surface area (Å²) in [6.07, 6.45) is 0. The molecule has 4 rings (SSSR count). The molecule has 6 nitrogen and oxygen atoms in total. The van der Waals surface area contributed by atoms with E-state index in [1.165, 1.54) is 0 Å². The summed E-state index contributed by atoms with van der Waals surface area (Å²) in [5.41, 5.74) is 9.53. The van der Waals surface area contributed by atoms with E-state index in [1.807, 2.05) is 60.7 Å². The molecular weight excluding hydrogens is 438 g/mol. The molecule has 0 unspecified atom stereocenters. The molecular formula is C29H27N3O3. The van der Waals surface area contributed by atoms with Gasteiger partial charge in [-0.15, -0.1) is 0 Å². The summed E-state index contributed by atoms with van der Waals surface area (Å²) < 4.78 is 0. The van der Waals surface area contributed by atoms with Gasteiger partial charge in [0.1, 0.15) is 11.8 Å². The third-order valence-electron chi connectivity index (χ3n) is 5.72. The number of benzene rings is 4. The van der Waals surface area contributed by atoms with Crippen LogP contribution in [0.2, 0.25) is 0 Å². The fourth-order valence-electron chi connectivity index (χ4n) is 3.96. The molecule has 2 amide bonds. The van der Waals surface area contributed by atoms with Gasteiger partial charge < -0.3 is 21.5 Å². The molecule has 0 aliphatic carbocycles. The van der Waals surface area contributed by atoms with Crippen molar-refractivity contribution < 1.29 is 14.7 Å². The summed E-state index contributed by atoms with van der Waals surface area (Å²) in [7, 11) is 0. The number of phenols is 1. The molecule has 0 spiro atoms. The number of aromatic hydroxyl groups is 1. The highest BCUT2D eigenvalue weighted by atomic mass is 16.3. The molecule has 0 radical (unpaired) electrons. The van der Waals surface area contributed by atoms with Crippen LogP contribution in [0.1, 0.15) is 34.2 Å². The summed E-state index contributed by atoms with van der Waals surface area (Å²) in [5.74, 6) is -1.10. The predicted octanol–water partition coefficient (Wildman–Crippen LogP) is 4.28. The van der Waals surface area contributed by atoms with Crippen molar-refractivity contribution in [1.82, 2.24) is 10.6 Å². The van der Waals surface area contributed by atoms with Crippen LogP contribution in [0.15, 0.2) is 109 Å². The van der Waals surface area contributed by atoms with Gasteiger partial charge in [-0.3, -0.25) is 9.59 Å². The number of nitrogen functional groups attached to an aromatic ring is 1. The first-order valence-corrected chi connectivity index (χ1v) is 11.3. The smallest absolute Gasteiger partial charge is 0.247 e. The number of anilines is 1. The van der Waals surface area contributed by atoms with E-state index >= 15 is 0 Å². The first kappa shape index (κ1) is 23.6. The second-order valence-electron chi connectivity index (χ2n) is 8.25. The van der Waals surface area contributed by atoms with Crippen LogP contribution in [0.3, 0.4) is 0 Å². The fourth-order valence-corrected chi connectivity index (χ4v) is 3.96. The van der Waals surface area contributed by atoms with Crippen LogP contribution in [0.25, 0.3) is 0 Å². The highest BCUT2D eigenvalue weighted by Gasteiger charge is 2.29. The first-order chi connectivity index (χ1) is 17.0. The van der Waals surface area contributed by atoms with Gasteiger partial charge in [0, 0.05) is 12.2 Å². The number of carbonyl (C=O) groups excluding carboxylic acids is 2. The van der Waals surface area contributed by atoms with Crippen molar-refractivity contribution >= 4 is 17.5 Å². The van der Waals surface area contributed by atoms with Crippen LogP contribution in [-0.2, 0) is 16.1 Å². The average molecular weight is 466 g/mol. The lowest BCUT2D eigenvalue weighted by molar-refractivity contribution is -0.129. The standard InChI is InChI=1S/C29H27N3O3/c30-24-13-7-12-23(18-24)27(29(35)31-19-20-14-16-25(33)17-15-20)32-28(34)26(21-8-3-1-4-9-21)22-10-5-2-6-11-22/h1-18,26-27,33H,19,30H2,(H,31,35)(H,32,34)/t27-/m1/s1. The topological polar surface area (TPSA) is 104 Å². The Morgan fingerprint density at radius 1 is 0.714 bits per heavy atom. The molecule has 5 N–H and O–H groups in total. The van der Waals surface area contributed by atoms with E-state index in [0.717, 1.165) is 16.7 Å². The Kier molecular flexibility index (Phi) is 7.43. The summed E-state index contributed by atoms with van der Waals surface area (Å²) in [6, 6.07) is 31.5. The summed E-state index contributed by atoms with van der Waals surface area (Å²) in [4.78, 5) is 27.0. The zero-order valence-corrected chi connectivity index (χ0v) is 19.1. The van der Waals surface area contributed by atoms with Gasteiger partial charge >= 0.3 is 0 Å². The SMILES string of the molecule is Nc1cccc([C@@H](NC(=O)C(c2ccccc2)c2ccccc2)C(=O)NCc2ccc(O)cc2)c1. The molecule has 0 saturated carbocycles. The quantitative estimate of drug-likeness (QED) is 0.292. The molecule has 0 aliphatic rings. The van der Waals surface area contributed by atoms with Crippen LogP contribution in [0, 0.1) is 0 Å². The lowest BCUT2D eigenvalue weighted by atomic mass is 9.90. The molecule has 0 aliphatic heterocycles. The Bertz CT molecular complexity index is 1240. The zero-order valence-electron chi connectivity index (χ0n) is 19.1. The van der Waals surface area contributed by atoms with Crippen molar-refractivity contribution in [3.05, 3.63) is 131 Å². The third-order valence-corrected chi connectivity index (χ3v) is 5.72. The van der Waals surface area contributed by atoms with Crippen molar-refractivity contribution in [3.63, 3.8) is 0 Å². The Labute approximate surface area is 204 Å². The zero-order chi connectivity index (χ0) is 24.6. The lowest BCUT2D eigenvalue weighted by Gasteiger charge is -2.24. The molecule has 0 fully saturated rings. The van der Waals surface area contributed by atoms with E-state index < -0.39 is 12.0 Å². The number of rotatable bonds is 8. The van der Waals surface area contributed by atoms with Gasteiger partial charge in [0.15, 0.2) is 0 Å². The number of phenolic OH excluding ortho intramolecular Hbond substituents is 1. The number of nitrogens with one attached hydrogen (secondary N) is 2. The van der Waals surface area contributed by atoms with Gasteiger partial charge in [-0.25, -0.2) is 0 Å². The second kappa shape index (κ2) is 11.0. The van der Waals surface area contributed by atoms with Crippen LogP contribution in [0.4, 0.5) is 5.69 Å². The largest absolute Gasteiger partial charge is 0.508 e. The normalized spacial score (nSPS) is 11.6. The van der Waals surface area contributed by atoms with Gasteiger partial charge in [0.25, 0.3) is 0 Å². The molecule has 4 aromatic rings. The maximum Gasteiger partial charge on any atom is 0.247 e. The minimum Gasteiger partial charge on any atom is -0.508 e. The Morgan fingerprint density at radius 2 is 1.29 bits per heavy atom. The number of carbonyl (C=O) groups is 2. The average Bonchev–Trinajstić information content (AvgIpc) is 2.88. The highest BCUT2D eigenvalue weighted by molar-refractivity contribution is 5.93. The highest BCUT2D eigenvalue weighted by Crippen LogP contribution is 2.26. The first-order valence-electron chi connectivity index (χ1n) is 11.3. The molecule has 0 heterocycles. The molecule has 0 saturated heterocycles. The monoisotopic (exact) mass is 465 g/mol. The minimum absolute atomic E-state index is 0.151. The maximum atomic E-state index is 13.7. The number of hydrogen-bond acceptors (Lipinski definition) is 4. The summed E-state index contributed by atoms with van der Waals surface area (Å²) >= 11 is 0. The molecule has 0 aromatic heterocycles. The van der Waals surface area contributed by atoms with Gasteiger partial charge in [0.05, 0.1) is 5.92 Å². The summed E-state index contributed by atoms with van der Waals surface area (Å²) in [5, 5.41) is 15.3. The number of nitrogens with two attached hydrogens (primary N) is 1. The molecule has 1 atom stereocenters. The molecule has 35 heavy (non-hydrogen) atoms. The Morgan fingerprint density at radius 3 is 1.86 bits per heavy atom. The van der Waals surface area contributed by atoms with Crippen molar-refractivity contribution in [1.29, 1.82) is 0 Å². The van der Waals surface area contributed by atoms with Crippen LogP contribution in [-0.4, -0.2) is 16.9 Å². The van der Waals surface area contributed by atoms with Crippen LogP contribution >= 0.6 is 0 Å². The Balaban J connectivity index is 1.61. The van der Waals surface area contributed by atoms with E-state index in [0.29, 0.717) is 11.3 Å². The number of hydrogen-bond donors (Lipinski definition) is 4. The van der Waals surface area contributed by atoms with Gasteiger partial charge in [-0.1, -0.05) is 84.9 Å². The van der Waals surface area contributed by atoms with Crippen LogP contribution < -0.4 is 16.4 Å². The minimum atomic E-state index is -0.946. The summed E-state index contributed by atoms with van der Waals surface area (Å²) in [6.45, 7) is 0.245. The third kappa shape index (κ3) is 6.06. The van der Waals surface area contributed by atoms with Gasteiger partial charge in [-0.05, 0) is 46.5 Å². The van der Waals surface area contributed by atoms with E-state index in [-0.39, 0.29) is 24.1 Å². The predicted molar refractivity (Wildman–Crippen MR) is 136 cm³/mol. The number of amides is 2. The van der Waals surface area contributed by atoms with E-state index in [9.17, 15) is 14.7 Å². The van der Waals surface area contributed by atoms with E-state index in [1.54, 1.807) is 48.5 Å². The lowest BCUT2D eigenvalue weighted by Crippen LogP contribution is -2.42. The Hall–Kier alpha value is -4.58. The second-order valence-corrected chi connectivity index (χ2v) is 8.25. The fraction of sp³-hybridized carbons (Fsp3) is 0.103. The molecule has 176 valence electrons. The van der Waals surface area contributed by atoms with E-state index in [2.05, 4.69) is 10.6 Å². The van der Waals surface area contributed by atoms with Crippen molar-refractivity contribution in [3.8, 4) is 5.75 Å². The molecule has 6 heteroatoms. The molecule has 4 aromatic carbocycles. The molecule has 0 bridgehead atoms. The van der Waals surface area contributed by atoms with Crippen molar-refractivity contribution in [2.75, 3.05) is 5.73 Å². The van der Waals surface area contributed by atoms with Gasteiger partial charge in [-0.2, -0.15) is 0 Å². The van der Waals surface area contributed by atoms with Crippen LogP contribution in [0.5, 0.6) is 5.75 Å². The maximum absolute atomic E-state index is 13.7. The van der Waals surface area contributed by atoms with Crippen molar-refractivity contribution in [2.24, 2.45) is 0 Å². The van der Waals surface area contributed by atoms with Crippen molar-refractivity contribution in [2.45, 2.75) is 18.5 Å². The van der Waals surface area contributed by atoms with E-state index in [4.69, 9.17) is 5.73 Å².